The van der Waals surface area contributed by atoms with Gasteiger partial charge in [0, 0.05) is 42.0 Å². The zero-order chi connectivity index (χ0) is 24.0. The number of pyridine rings is 2. The summed E-state index contributed by atoms with van der Waals surface area (Å²) in [6, 6.07) is 9.23. The van der Waals surface area contributed by atoms with Gasteiger partial charge in [0.2, 0.25) is 5.95 Å². The predicted octanol–water partition coefficient (Wildman–Crippen LogP) is 4.66. The molecule has 11 heteroatoms. The van der Waals surface area contributed by atoms with Crippen molar-refractivity contribution in [1.29, 1.82) is 5.26 Å². The van der Waals surface area contributed by atoms with Gasteiger partial charge in [-0.2, -0.15) is 14.8 Å². The van der Waals surface area contributed by atoms with Crippen molar-refractivity contribution in [2.45, 2.75) is 19.1 Å². The first-order valence-electron chi connectivity index (χ1n) is 10.3. The van der Waals surface area contributed by atoms with E-state index in [-0.39, 0.29) is 10.0 Å². The molecule has 1 aromatic carbocycles. The van der Waals surface area contributed by atoms with Crippen LogP contribution in [0.3, 0.4) is 0 Å². The fourth-order valence-corrected chi connectivity index (χ4v) is 4.58. The van der Waals surface area contributed by atoms with Crippen molar-refractivity contribution >= 4 is 39.9 Å². The van der Waals surface area contributed by atoms with E-state index in [1.807, 2.05) is 4.90 Å². The van der Waals surface area contributed by atoms with E-state index in [0.29, 0.717) is 47.0 Å². The normalized spacial score (nSPS) is 14.6. The summed E-state index contributed by atoms with van der Waals surface area (Å²) in [7, 11) is 0. The summed E-state index contributed by atoms with van der Waals surface area (Å²) in [6.45, 7) is 2.60. The second kappa shape index (κ2) is 8.72. The van der Waals surface area contributed by atoms with E-state index in [4.69, 9.17) is 27.9 Å². The summed E-state index contributed by atoms with van der Waals surface area (Å²) in [5.41, 5.74) is 2.70. The SMILES string of the molecule is CC(Oc1ccc2[nH]nc(-c3cnc(N4CC(O)C4)c(C#N)c3)c2c1)c1c(Cl)cnc(F)c1Cl. The van der Waals surface area contributed by atoms with Crippen molar-refractivity contribution in [1.82, 2.24) is 20.2 Å². The first-order chi connectivity index (χ1) is 16.4. The molecule has 4 heterocycles. The Morgan fingerprint density at radius 2 is 2.06 bits per heavy atom. The van der Waals surface area contributed by atoms with Crippen molar-refractivity contribution in [2.24, 2.45) is 0 Å². The van der Waals surface area contributed by atoms with E-state index < -0.39 is 18.2 Å². The third-order valence-corrected chi connectivity index (χ3v) is 6.30. The Morgan fingerprint density at radius 3 is 2.79 bits per heavy atom. The predicted molar refractivity (Wildman–Crippen MR) is 126 cm³/mol. The number of rotatable bonds is 5. The summed E-state index contributed by atoms with van der Waals surface area (Å²) in [6.07, 6.45) is 1.78. The number of β-amino-alcohol motifs (C(OH)–C–C–N with tert-alkyl or cyclic N) is 1. The van der Waals surface area contributed by atoms with Crippen LogP contribution in [0.1, 0.15) is 24.2 Å². The lowest BCUT2D eigenvalue weighted by molar-refractivity contribution is 0.141. The van der Waals surface area contributed by atoms with Crippen molar-refractivity contribution < 1.29 is 14.2 Å². The molecule has 172 valence electrons. The number of benzene rings is 1. The number of aromatic amines is 1. The van der Waals surface area contributed by atoms with Gasteiger partial charge in [0.05, 0.1) is 22.2 Å². The van der Waals surface area contributed by atoms with Crippen LogP contribution >= 0.6 is 23.2 Å². The molecule has 3 aromatic heterocycles. The van der Waals surface area contributed by atoms with Crippen molar-refractivity contribution in [2.75, 3.05) is 18.0 Å². The molecule has 0 amide bonds. The van der Waals surface area contributed by atoms with Gasteiger partial charge in [-0.05, 0) is 31.2 Å². The van der Waals surface area contributed by atoms with Gasteiger partial charge in [-0.15, -0.1) is 0 Å². The van der Waals surface area contributed by atoms with Crippen LogP contribution in [-0.2, 0) is 0 Å². The van der Waals surface area contributed by atoms with Crippen molar-refractivity contribution in [3.05, 3.63) is 63.8 Å². The summed E-state index contributed by atoms with van der Waals surface area (Å²) in [5.74, 6) is 0.209. The monoisotopic (exact) mass is 498 g/mol. The third kappa shape index (κ3) is 3.90. The first-order valence-corrected chi connectivity index (χ1v) is 11.1. The van der Waals surface area contributed by atoms with Crippen LogP contribution in [0.15, 0.2) is 36.7 Å². The van der Waals surface area contributed by atoms with Gasteiger partial charge in [-0.1, -0.05) is 23.2 Å². The number of nitrogens with one attached hydrogen (secondary N) is 1. The Hall–Kier alpha value is -3.45. The number of halogens is 3. The van der Waals surface area contributed by atoms with E-state index in [1.165, 1.54) is 6.20 Å². The van der Waals surface area contributed by atoms with Gasteiger partial charge in [-0.25, -0.2) is 9.97 Å². The van der Waals surface area contributed by atoms with Gasteiger partial charge >= 0.3 is 0 Å². The van der Waals surface area contributed by atoms with Crippen LogP contribution in [0.2, 0.25) is 10.0 Å². The van der Waals surface area contributed by atoms with E-state index in [2.05, 4.69) is 26.2 Å². The second-order valence-electron chi connectivity index (χ2n) is 7.93. The molecule has 0 spiro atoms. The lowest BCUT2D eigenvalue weighted by atomic mass is 10.1. The number of H-pyrrole nitrogens is 1. The molecule has 1 unspecified atom stereocenters. The number of hydrogen-bond donors (Lipinski definition) is 2. The summed E-state index contributed by atoms with van der Waals surface area (Å²) < 4.78 is 19.8. The number of aliphatic hydroxyl groups is 1. The summed E-state index contributed by atoms with van der Waals surface area (Å²) >= 11 is 12.2. The summed E-state index contributed by atoms with van der Waals surface area (Å²) in [4.78, 5) is 9.80. The maximum atomic E-state index is 13.8. The van der Waals surface area contributed by atoms with Crippen LogP contribution < -0.4 is 9.64 Å². The Morgan fingerprint density at radius 1 is 1.26 bits per heavy atom. The molecule has 5 rings (SSSR count). The van der Waals surface area contributed by atoms with Crippen LogP contribution in [0, 0.1) is 17.3 Å². The lowest BCUT2D eigenvalue weighted by Gasteiger charge is -2.37. The zero-order valence-corrected chi connectivity index (χ0v) is 19.3. The highest BCUT2D eigenvalue weighted by Gasteiger charge is 2.28. The minimum absolute atomic E-state index is 0.185. The molecule has 0 bridgehead atoms. The molecule has 0 aliphatic carbocycles. The number of ether oxygens (including phenoxy) is 1. The Kier molecular flexibility index (Phi) is 5.73. The van der Waals surface area contributed by atoms with Crippen LogP contribution in [-0.4, -0.2) is 44.5 Å². The number of nitrogens with zero attached hydrogens (tertiary/aromatic N) is 5. The molecule has 0 radical (unpaired) electrons. The number of anilines is 1. The van der Waals surface area contributed by atoms with Crippen LogP contribution in [0.25, 0.3) is 22.2 Å². The zero-order valence-electron chi connectivity index (χ0n) is 17.8. The highest BCUT2D eigenvalue weighted by Crippen LogP contribution is 2.36. The van der Waals surface area contributed by atoms with Gasteiger partial charge in [0.15, 0.2) is 0 Å². The Bertz CT molecular complexity index is 1450. The Labute approximate surface area is 203 Å². The Balaban J connectivity index is 1.47. The molecule has 8 nitrogen and oxygen atoms in total. The molecule has 1 fully saturated rings. The molecule has 1 atom stereocenters. The maximum absolute atomic E-state index is 13.8. The topological polar surface area (TPSA) is 111 Å². The van der Waals surface area contributed by atoms with Crippen LogP contribution in [0.5, 0.6) is 5.75 Å². The third-order valence-electron chi connectivity index (χ3n) is 5.64. The second-order valence-corrected chi connectivity index (χ2v) is 8.72. The fraction of sp³-hybridized carbons (Fsp3) is 0.217. The molecule has 1 aliphatic heterocycles. The van der Waals surface area contributed by atoms with E-state index >= 15 is 0 Å². The fourth-order valence-electron chi connectivity index (χ4n) is 3.93. The molecule has 1 saturated heterocycles. The first kappa shape index (κ1) is 22.3. The lowest BCUT2D eigenvalue weighted by Crippen LogP contribution is -2.51. The average Bonchev–Trinajstić information content (AvgIpc) is 3.22. The molecule has 1 aliphatic rings. The molecular formula is C23H17Cl2FN6O2. The number of aromatic nitrogens is 4. The van der Waals surface area contributed by atoms with Gasteiger partial charge in [0.1, 0.15) is 34.5 Å². The number of nitriles is 1. The molecule has 0 saturated carbocycles. The highest BCUT2D eigenvalue weighted by atomic mass is 35.5. The van der Waals surface area contributed by atoms with Crippen molar-refractivity contribution in [3.63, 3.8) is 0 Å². The van der Waals surface area contributed by atoms with E-state index in [1.54, 1.807) is 37.4 Å². The maximum Gasteiger partial charge on any atom is 0.232 e. The minimum Gasteiger partial charge on any atom is -0.486 e. The number of fused-ring (bicyclic) bond motifs is 1. The van der Waals surface area contributed by atoms with Gasteiger partial charge in [0.25, 0.3) is 0 Å². The van der Waals surface area contributed by atoms with Crippen molar-refractivity contribution in [3.8, 4) is 23.1 Å². The average molecular weight is 499 g/mol. The smallest absolute Gasteiger partial charge is 0.232 e. The quantitative estimate of drug-likeness (QED) is 0.385. The minimum atomic E-state index is -0.818. The molecular weight excluding hydrogens is 482 g/mol. The summed E-state index contributed by atoms with van der Waals surface area (Å²) in [5, 5.41) is 27.3. The highest BCUT2D eigenvalue weighted by molar-refractivity contribution is 6.35. The van der Waals surface area contributed by atoms with E-state index in [0.717, 1.165) is 10.9 Å². The van der Waals surface area contributed by atoms with Gasteiger partial charge < -0.3 is 14.7 Å². The number of hydrogen-bond acceptors (Lipinski definition) is 7. The van der Waals surface area contributed by atoms with E-state index in [9.17, 15) is 14.8 Å². The molecule has 34 heavy (non-hydrogen) atoms. The standard InChI is InChI=1S/C23H17Cl2FN6O2/c1-11(19-17(24)8-28-22(26)20(19)25)34-15-2-3-18-16(5-15)21(31-30-18)13-4-12(6-27)23(29-7-13)32-9-14(33)10-32/h2-5,7-8,11,14,33H,9-10H2,1H3,(H,30,31). The largest absolute Gasteiger partial charge is 0.486 e. The number of aliphatic hydroxyl groups excluding tert-OH is 1. The molecule has 4 aromatic rings. The van der Waals surface area contributed by atoms with Crippen LogP contribution in [0.4, 0.5) is 10.2 Å². The molecule has 2 N–H and O–H groups in total. The van der Waals surface area contributed by atoms with Gasteiger partial charge in [-0.3, -0.25) is 5.10 Å².